The molecule has 0 saturated heterocycles. The number of rotatable bonds is 4. The Kier molecular flexibility index (Phi) is 6.20. The standard InChI is InChI=1S/C41H34/c1-41(2,3)40-37(30-21-11-6-12-22-30)36(29-19-9-5-10-20-29)38(35-27-31-23-13-14-25-33(31)39(35)40)34-26-16-15-24-32(34)28-17-7-4-8-18-28/h4-26H,27H2,1-3H3. The quantitative estimate of drug-likeness (QED) is 0.214. The van der Waals surface area contributed by atoms with Crippen molar-refractivity contribution >= 4 is 0 Å². The summed E-state index contributed by atoms with van der Waals surface area (Å²) in [5.74, 6) is 0. The first-order valence-corrected chi connectivity index (χ1v) is 14.6. The van der Waals surface area contributed by atoms with Crippen molar-refractivity contribution in [2.75, 3.05) is 0 Å². The summed E-state index contributed by atoms with van der Waals surface area (Å²) < 4.78 is 0. The van der Waals surface area contributed by atoms with E-state index in [2.05, 4.69) is 160 Å². The van der Waals surface area contributed by atoms with Gasteiger partial charge < -0.3 is 0 Å². The van der Waals surface area contributed by atoms with Crippen molar-refractivity contribution in [2.24, 2.45) is 0 Å². The third-order valence-corrected chi connectivity index (χ3v) is 8.41. The molecular weight excluding hydrogens is 492 g/mol. The highest BCUT2D eigenvalue weighted by Crippen LogP contribution is 2.56. The summed E-state index contributed by atoms with van der Waals surface area (Å²) in [5, 5.41) is 0. The first-order chi connectivity index (χ1) is 20.0. The van der Waals surface area contributed by atoms with Crippen LogP contribution < -0.4 is 0 Å². The Hall–Kier alpha value is -4.68. The van der Waals surface area contributed by atoms with Crippen LogP contribution in [0, 0.1) is 0 Å². The zero-order valence-electron chi connectivity index (χ0n) is 24.0. The highest BCUT2D eigenvalue weighted by Gasteiger charge is 2.35. The molecule has 7 rings (SSSR count). The molecule has 198 valence electrons. The Morgan fingerprint density at radius 2 is 0.854 bits per heavy atom. The summed E-state index contributed by atoms with van der Waals surface area (Å²) >= 11 is 0. The molecule has 0 nitrogen and oxygen atoms in total. The lowest BCUT2D eigenvalue weighted by Crippen LogP contribution is -2.17. The molecule has 0 amide bonds. The molecule has 0 saturated carbocycles. The molecule has 0 spiro atoms. The van der Waals surface area contributed by atoms with Gasteiger partial charge in [0.15, 0.2) is 0 Å². The lowest BCUT2D eigenvalue weighted by atomic mass is 9.71. The molecule has 0 heterocycles. The molecule has 0 heteroatoms. The van der Waals surface area contributed by atoms with Crippen LogP contribution in [0.4, 0.5) is 0 Å². The Morgan fingerprint density at radius 3 is 1.44 bits per heavy atom. The number of benzene rings is 6. The van der Waals surface area contributed by atoms with Crippen LogP contribution in [0.3, 0.4) is 0 Å². The monoisotopic (exact) mass is 526 g/mol. The van der Waals surface area contributed by atoms with E-state index in [-0.39, 0.29) is 5.41 Å². The number of hydrogen-bond acceptors (Lipinski definition) is 0. The van der Waals surface area contributed by atoms with E-state index >= 15 is 0 Å². The Morgan fingerprint density at radius 1 is 0.390 bits per heavy atom. The van der Waals surface area contributed by atoms with Gasteiger partial charge in [-0.15, -0.1) is 0 Å². The van der Waals surface area contributed by atoms with Crippen molar-refractivity contribution in [3.8, 4) is 55.6 Å². The third-order valence-electron chi connectivity index (χ3n) is 8.41. The van der Waals surface area contributed by atoms with Crippen molar-refractivity contribution in [3.05, 3.63) is 156 Å². The average Bonchev–Trinajstić information content (AvgIpc) is 3.39. The third kappa shape index (κ3) is 4.32. The lowest BCUT2D eigenvalue weighted by Gasteiger charge is -2.32. The number of hydrogen-bond donors (Lipinski definition) is 0. The van der Waals surface area contributed by atoms with E-state index in [0.717, 1.165) is 6.42 Å². The SMILES string of the molecule is CC(C)(C)c1c2c(c(-c3ccccc3-c3ccccc3)c(-c3ccccc3)c1-c1ccccc1)Cc1ccccc1-2. The van der Waals surface area contributed by atoms with Crippen LogP contribution in [-0.4, -0.2) is 0 Å². The molecule has 0 aliphatic heterocycles. The molecular formula is C41H34. The van der Waals surface area contributed by atoms with Crippen molar-refractivity contribution < 1.29 is 0 Å². The Labute approximate surface area is 244 Å². The molecule has 0 aromatic heterocycles. The lowest BCUT2D eigenvalue weighted by molar-refractivity contribution is 0.594. The van der Waals surface area contributed by atoms with E-state index < -0.39 is 0 Å². The zero-order valence-corrected chi connectivity index (χ0v) is 24.0. The van der Waals surface area contributed by atoms with Crippen LogP contribution in [0.15, 0.2) is 140 Å². The van der Waals surface area contributed by atoms with Crippen molar-refractivity contribution in [3.63, 3.8) is 0 Å². The van der Waals surface area contributed by atoms with E-state index in [1.165, 1.54) is 72.3 Å². The van der Waals surface area contributed by atoms with Crippen LogP contribution in [-0.2, 0) is 11.8 Å². The van der Waals surface area contributed by atoms with Crippen molar-refractivity contribution in [1.29, 1.82) is 0 Å². The maximum atomic E-state index is 2.38. The molecule has 0 fully saturated rings. The van der Waals surface area contributed by atoms with Gasteiger partial charge in [-0.2, -0.15) is 0 Å². The number of fused-ring (bicyclic) bond motifs is 3. The second kappa shape index (κ2) is 10.1. The summed E-state index contributed by atoms with van der Waals surface area (Å²) in [6.07, 6.45) is 0.932. The molecule has 0 radical (unpaired) electrons. The highest BCUT2D eigenvalue weighted by atomic mass is 14.4. The summed E-state index contributed by atoms with van der Waals surface area (Å²) in [6, 6.07) is 51.0. The fraction of sp³-hybridized carbons (Fsp3) is 0.122. The van der Waals surface area contributed by atoms with Crippen LogP contribution in [0.1, 0.15) is 37.5 Å². The van der Waals surface area contributed by atoms with Gasteiger partial charge in [-0.25, -0.2) is 0 Å². The van der Waals surface area contributed by atoms with E-state index in [0.29, 0.717) is 0 Å². The highest BCUT2D eigenvalue weighted by molar-refractivity contribution is 6.06. The fourth-order valence-electron chi connectivity index (χ4n) is 6.79. The molecule has 0 bridgehead atoms. The second-order valence-electron chi connectivity index (χ2n) is 12.1. The molecule has 41 heavy (non-hydrogen) atoms. The minimum absolute atomic E-state index is 0.0757. The zero-order chi connectivity index (χ0) is 28.0. The fourth-order valence-corrected chi connectivity index (χ4v) is 6.79. The summed E-state index contributed by atoms with van der Waals surface area (Å²) in [7, 11) is 0. The Bertz CT molecular complexity index is 1850. The largest absolute Gasteiger partial charge is 0.0622 e. The van der Waals surface area contributed by atoms with Gasteiger partial charge in [0.1, 0.15) is 0 Å². The maximum absolute atomic E-state index is 2.38. The van der Waals surface area contributed by atoms with E-state index in [4.69, 9.17) is 0 Å². The maximum Gasteiger partial charge on any atom is -0.000694 e. The van der Waals surface area contributed by atoms with Gasteiger partial charge in [0.2, 0.25) is 0 Å². The first-order valence-electron chi connectivity index (χ1n) is 14.6. The van der Waals surface area contributed by atoms with Gasteiger partial charge in [-0.1, -0.05) is 160 Å². The van der Waals surface area contributed by atoms with E-state index in [1.807, 2.05) is 0 Å². The minimum atomic E-state index is -0.0757. The normalized spacial score (nSPS) is 12.2. The molecule has 1 aliphatic rings. The average molecular weight is 527 g/mol. The molecule has 0 unspecified atom stereocenters. The minimum Gasteiger partial charge on any atom is -0.0622 e. The van der Waals surface area contributed by atoms with Gasteiger partial charge >= 0.3 is 0 Å². The molecule has 0 atom stereocenters. The Balaban J connectivity index is 1.73. The summed E-state index contributed by atoms with van der Waals surface area (Å²) in [6.45, 7) is 7.13. The van der Waals surface area contributed by atoms with Crippen LogP contribution >= 0.6 is 0 Å². The van der Waals surface area contributed by atoms with E-state index in [9.17, 15) is 0 Å². The van der Waals surface area contributed by atoms with Gasteiger partial charge in [-0.3, -0.25) is 0 Å². The predicted octanol–water partition coefficient (Wildman–Crippen LogP) is 11.2. The summed E-state index contributed by atoms with van der Waals surface area (Å²) in [4.78, 5) is 0. The molecule has 6 aromatic carbocycles. The van der Waals surface area contributed by atoms with Crippen LogP contribution in [0.25, 0.3) is 55.6 Å². The summed E-state index contributed by atoms with van der Waals surface area (Å²) in [5.41, 5.74) is 17.4. The van der Waals surface area contributed by atoms with E-state index in [1.54, 1.807) is 0 Å². The van der Waals surface area contributed by atoms with Crippen LogP contribution in [0.5, 0.6) is 0 Å². The van der Waals surface area contributed by atoms with Gasteiger partial charge in [-0.05, 0) is 84.2 Å². The molecule has 6 aromatic rings. The van der Waals surface area contributed by atoms with Gasteiger partial charge in [0.05, 0.1) is 0 Å². The second-order valence-corrected chi connectivity index (χ2v) is 12.1. The van der Waals surface area contributed by atoms with Crippen molar-refractivity contribution in [1.82, 2.24) is 0 Å². The molecule has 1 aliphatic carbocycles. The van der Waals surface area contributed by atoms with Crippen molar-refractivity contribution in [2.45, 2.75) is 32.6 Å². The van der Waals surface area contributed by atoms with Crippen LogP contribution in [0.2, 0.25) is 0 Å². The predicted molar refractivity (Wildman–Crippen MR) is 175 cm³/mol. The first kappa shape index (κ1) is 25.3. The van der Waals surface area contributed by atoms with Gasteiger partial charge in [0, 0.05) is 0 Å². The smallest absolute Gasteiger partial charge is 0.000694 e. The molecule has 0 N–H and O–H groups in total. The van der Waals surface area contributed by atoms with Gasteiger partial charge in [0.25, 0.3) is 0 Å². The topological polar surface area (TPSA) is 0 Å².